The van der Waals surface area contributed by atoms with Gasteiger partial charge in [0.2, 0.25) is 5.84 Å². The fourth-order valence-corrected chi connectivity index (χ4v) is 2.92. The zero-order valence-corrected chi connectivity index (χ0v) is 12.4. The molecule has 0 saturated carbocycles. The number of aliphatic imine (C=N–C) groups is 1. The maximum Gasteiger partial charge on any atom is 0.319 e. The molecule has 0 aliphatic carbocycles. The number of nitrogens with zero attached hydrogens (tertiary/aromatic N) is 3. The molecule has 3 rings (SSSR count). The van der Waals surface area contributed by atoms with Crippen molar-refractivity contribution in [3.8, 4) is 0 Å². The van der Waals surface area contributed by atoms with Crippen molar-refractivity contribution in [2.24, 2.45) is 4.99 Å². The first-order chi connectivity index (χ1) is 9.08. The summed E-state index contributed by atoms with van der Waals surface area (Å²) in [4.78, 5) is 16.8. The Hall–Kier alpha value is -1.46. The second-order valence-corrected chi connectivity index (χ2v) is 5.54. The average Bonchev–Trinajstić information content (AvgIpc) is 2.78. The maximum atomic E-state index is 11.7. The molecule has 0 N–H and O–H groups in total. The molecule has 0 amide bonds. The minimum absolute atomic E-state index is 0.128. The number of allylic oxidation sites excluding steroid dienone is 3. The highest BCUT2D eigenvalue weighted by Crippen LogP contribution is 2.35. The third-order valence-electron chi connectivity index (χ3n) is 3.04. The van der Waals surface area contributed by atoms with Crippen molar-refractivity contribution < 1.29 is 4.87 Å². The maximum absolute atomic E-state index is 11.7. The van der Waals surface area contributed by atoms with Crippen molar-refractivity contribution in [2.45, 2.75) is 6.92 Å². The van der Waals surface area contributed by atoms with E-state index in [0.717, 1.165) is 26.2 Å². The van der Waals surface area contributed by atoms with Gasteiger partial charge in [-0.05, 0) is 46.6 Å². The lowest BCUT2D eigenvalue weighted by Gasteiger charge is -2.19. The summed E-state index contributed by atoms with van der Waals surface area (Å²) in [7, 11) is 0. The Morgan fingerprint density at radius 3 is 2.74 bits per heavy atom. The summed E-state index contributed by atoms with van der Waals surface area (Å²) in [5.41, 5.74) is 2.88. The summed E-state index contributed by atoms with van der Waals surface area (Å²) in [6, 6.07) is 7.58. The fraction of sp³-hybridized carbons (Fsp3) is 0.154. The Morgan fingerprint density at radius 2 is 2.05 bits per heavy atom. The molecule has 0 bridgehead atoms. The van der Waals surface area contributed by atoms with Crippen LogP contribution in [0, 0.1) is 4.91 Å². The lowest BCUT2D eigenvalue weighted by atomic mass is 10.0. The molecule has 2 aliphatic rings. The van der Waals surface area contributed by atoms with Gasteiger partial charge in [-0.15, -0.1) is 0 Å². The van der Waals surface area contributed by atoms with Crippen LogP contribution in [0.5, 0.6) is 0 Å². The molecule has 0 radical (unpaired) electrons. The summed E-state index contributed by atoms with van der Waals surface area (Å²) in [6.45, 7) is 2.02. The van der Waals surface area contributed by atoms with Crippen LogP contribution in [0.4, 0.5) is 0 Å². The monoisotopic (exact) mass is 338 g/mol. The van der Waals surface area contributed by atoms with Crippen LogP contribution >= 0.6 is 27.5 Å². The van der Waals surface area contributed by atoms with E-state index in [1.54, 1.807) is 5.01 Å². The minimum atomic E-state index is 0.128. The number of rotatable bonds is 1. The van der Waals surface area contributed by atoms with Gasteiger partial charge in [0.25, 0.3) is 0 Å². The van der Waals surface area contributed by atoms with Crippen LogP contribution in [-0.4, -0.2) is 22.4 Å². The first-order valence-corrected chi connectivity index (χ1v) is 6.88. The third-order valence-corrected chi connectivity index (χ3v) is 4.07. The van der Waals surface area contributed by atoms with Gasteiger partial charge < -0.3 is 0 Å². The molecule has 0 unspecified atom stereocenters. The van der Waals surface area contributed by atoms with Crippen LogP contribution in [0.25, 0.3) is 5.57 Å². The van der Waals surface area contributed by atoms with E-state index in [2.05, 4.69) is 20.9 Å². The molecule has 0 fully saturated rings. The van der Waals surface area contributed by atoms with Crippen LogP contribution in [-0.2, 0) is 0 Å². The summed E-state index contributed by atoms with van der Waals surface area (Å²) in [5, 5.41) is 2.26. The molecule has 2 aliphatic heterocycles. The normalized spacial score (nSPS) is 18.5. The molecule has 0 spiro atoms. The van der Waals surface area contributed by atoms with Crippen molar-refractivity contribution in [3.05, 3.63) is 56.0 Å². The number of amidine groups is 1. The first-order valence-electron chi connectivity index (χ1n) is 5.71. The van der Waals surface area contributed by atoms with E-state index in [-0.39, 0.29) is 6.67 Å². The predicted octanol–water partition coefficient (Wildman–Crippen LogP) is 3.73. The van der Waals surface area contributed by atoms with Gasteiger partial charge in [-0.1, -0.05) is 28.7 Å². The van der Waals surface area contributed by atoms with Gasteiger partial charge in [0.15, 0.2) is 4.87 Å². The van der Waals surface area contributed by atoms with E-state index < -0.39 is 0 Å². The van der Waals surface area contributed by atoms with Crippen LogP contribution in [0.2, 0.25) is 5.02 Å². The number of fused-ring (bicyclic) bond motifs is 1. The topological polar surface area (TPSA) is 35.7 Å². The van der Waals surface area contributed by atoms with E-state index in [1.807, 2.05) is 37.3 Å². The number of hydrogen-bond donors (Lipinski definition) is 0. The SMILES string of the molecule is CC1=CC(c2ccc(Cl)cc2)=C(Br)C2=NC[N+](=O)N12. The van der Waals surface area contributed by atoms with Crippen LogP contribution in [0.1, 0.15) is 12.5 Å². The molecular formula is C13H10BrClN3O+. The molecular weight excluding hydrogens is 330 g/mol. The molecule has 1 aromatic rings. The highest BCUT2D eigenvalue weighted by Gasteiger charge is 2.39. The zero-order chi connectivity index (χ0) is 13.6. The van der Waals surface area contributed by atoms with Crippen molar-refractivity contribution >= 4 is 38.9 Å². The predicted molar refractivity (Wildman–Crippen MR) is 78.8 cm³/mol. The quantitative estimate of drug-likeness (QED) is 0.731. The number of hydrogen-bond acceptors (Lipinski definition) is 2. The standard InChI is InChI=1S/C13H10BrClN3O/c1-8-6-11(9-2-4-10(15)5-3-9)12(14)13-16-7-17(19)18(8)13/h2-6H,7H2,1H3/q+1. The molecule has 0 saturated heterocycles. The van der Waals surface area contributed by atoms with Gasteiger partial charge in [-0.25, -0.2) is 0 Å². The summed E-state index contributed by atoms with van der Waals surface area (Å²) in [6.07, 6.45) is 1.96. The molecule has 4 nitrogen and oxygen atoms in total. The van der Waals surface area contributed by atoms with Crippen LogP contribution in [0.3, 0.4) is 0 Å². The minimum Gasteiger partial charge on any atom is -0.189 e. The third kappa shape index (κ3) is 2.03. The van der Waals surface area contributed by atoms with Crippen molar-refractivity contribution in [3.63, 3.8) is 0 Å². The molecule has 1 aromatic carbocycles. The van der Waals surface area contributed by atoms with Gasteiger partial charge in [0.05, 0.1) is 15.1 Å². The highest BCUT2D eigenvalue weighted by molar-refractivity contribution is 9.12. The Morgan fingerprint density at radius 1 is 1.37 bits per heavy atom. The smallest absolute Gasteiger partial charge is 0.189 e. The van der Waals surface area contributed by atoms with Crippen molar-refractivity contribution in [1.29, 1.82) is 0 Å². The number of nitroso groups, excluding NO2 is 1. The van der Waals surface area contributed by atoms with E-state index in [1.165, 1.54) is 0 Å². The summed E-state index contributed by atoms with van der Waals surface area (Å²) >= 11 is 9.44. The highest BCUT2D eigenvalue weighted by atomic mass is 79.9. The molecule has 19 heavy (non-hydrogen) atoms. The van der Waals surface area contributed by atoms with E-state index in [0.29, 0.717) is 10.9 Å². The zero-order valence-electron chi connectivity index (χ0n) is 10.1. The van der Waals surface area contributed by atoms with E-state index >= 15 is 0 Å². The average molecular weight is 340 g/mol. The number of benzene rings is 1. The van der Waals surface area contributed by atoms with Gasteiger partial charge in [0.1, 0.15) is 0 Å². The van der Waals surface area contributed by atoms with Crippen LogP contribution in [0.15, 0.2) is 45.5 Å². The van der Waals surface area contributed by atoms with E-state index in [4.69, 9.17) is 11.6 Å². The second-order valence-electron chi connectivity index (χ2n) is 4.31. The van der Waals surface area contributed by atoms with Crippen LogP contribution < -0.4 is 0 Å². The van der Waals surface area contributed by atoms with Gasteiger partial charge in [-0.2, -0.15) is 4.99 Å². The Labute approximate surface area is 123 Å². The lowest BCUT2D eigenvalue weighted by molar-refractivity contribution is -0.663. The molecule has 0 aromatic heterocycles. The summed E-state index contributed by atoms with van der Waals surface area (Å²) in [5.74, 6) is 0.653. The molecule has 6 heteroatoms. The van der Waals surface area contributed by atoms with Gasteiger partial charge in [-0.3, -0.25) is 0 Å². The van der Waals surface area contributed by atoms with Crippen molar-refractivity contribution in [2.75, 3.05) is 6.67 Å². The largest absolute Gasteiger partial charge is 0.319 e. The molecule has 2 heterocycles. The number of hydrazine groups is 1. The Balaban J connectivity index is 2.12. The fourth-order valence-electron chi connectivity index (χ4n) is 2.16. The first kappa shape index (κ1) is 12.6. The van der Waals surface area contributed by atoms with Gasteiger partial charge in [0, 0.05) is 10.6 Å². The Kier molecular flexibility index (Phi) is 3.03. The molecule has 96 valence electrons. The number of halogens is 2. The summed E-state index contributed by atoms with van der Waals surface area (Å²) < 4.78 is 0.818. The van der Waals surface area contributed by atoms with E-state index in [9.17, 15) is 4.91 Å². The lowest BCUT2D eigenvalue weighted by Crippen LogP contribution is -2.34. The Bertz CT molecular complexity index is 661. The van der Waals surface area contributed by atoms with Crippen molar-refractivity contribution in [1.82, 2.24) is 5.01 Å². The molecule has 0 atom stereocenters. The second kappa shape index (κ2) is 4.58. The van der Waals surface area contributed by atoms with Gasteiger partial charge >= 0.3 is 6.67 Å².